The zero-order valence-electron chi connectivity index (χ0n) is 11.3. The molecular weight excluding hydrogens is 266 g/mol. The second-order valence-corrected chi connectivity index (χ2v) is 4.41. The van der Waals surface area contributed by atoms with E-state index < -0.39 is 6.61 Å². The first-order chi connectivity index (χ1) is 9.45. The van der Waals surface area contributed by atoms with Crippen molar-refractivity contribution < 1.29 is 18.3 Å². The molecule has 108 valence electrons. The second-order valence-electron chi connectivity index (χ2n) is 4.41. The van der Waals surface area contributed by atoms with E-state index in [2.05, 4.69) is 4.74 Å². The first-order valence-electron chi connectivity index (χ1n) is 6.18. The number of hydrogen-bond donors (Lipinski definition) is 0. The second kappa shape index (κ2) is 7.43. The van der Waals surface area contributed by atoms with E-state index in [-0.39, 0.29) is 29.7 Å². The van der Waals surface area contributed by atoms with Gasteiger partial charge in [-0.25, -0.2) is 0 Å². The molecule has 20 heavy (non-hydrogen) atoms. The van der Waals surface area contributed by atoms with Gasteiger partial charge in [-0.2, -0.15) is 14.0 Å². The average molecular weight is 282 g/mol. The first kappa shape index (κ1) is 15.9. The normalized spacial score (nSPS) is 10.4. The number of rotatable bonds is 6. The molecule has 0 N–H and O–H groups in total. The van der Waals surface area contributed by atoms with Crippen LogP contribution in [0.4, 0.5) is 8.78 Å². The van der Waals surface area contributed by atoms with Crippen LogP contribution in [0.1, 0.15) is 30.6 Å². The minimum atomic E-state index is -2.93. The Kier molecular flexibility index (Phi) is 5.91. The smallest absolute Gasteiger partial charge is 0.387 e. The Morgan fingerprint density at radius 1 is 1.45 bits per heavy atom. The van der Waals surface area contributed by atoms with Crippen molar-refractivity contribution in [2.24, 2.45) is 0 Å². The highest BCUT2D eigenvalue weighted by Crippen LogP contribution is 2.18. The molecule has 0 unspecified atom stereocenters. The Morgan fingerprint density at radius 3 is 2.70 bits per heavy atom. The molecule has 0 spiro atoms. The molecule has 0 heterocycles. The lowest BCUT2D eigenvalue weighted by Crippen LogP contribution is -2.37. The third kappa shape index (κ3) is 4.50. The first-order valence-corrected chi connectivity index (χ1v) is 6.18. The summed E-state index contributed by atoms with van der Waals surface area (Å²) in [7, 11) is 0. The highest BCUT2D eigenvalue weighted by Gasteiger charge is 2.19. The van der Waals surface area contributed by atoms with E-state index in [0.29, 0.717) is 6.54 Å². The Balaban J connectivity index is 2.91. The van der Waals surface area contributed by atoms with Gasteiger partial charge in [-0.1, -0.05) is 6.07 Å². The Hall–Kier alpha value is -2.16. The van der Waals surface area contributed by atoms with Crippen LogP contribution in [0.15, 0.2) is 24.3 Å². The van der Waals surface area contributed by atoms with Crippen LogP contribution < -0.4 is 4.74 Å². The molecule has 1 aromatic rings. The number of benzene rings is 1. The molecule has 0 aliphatic heterocycles. The Bertz CT molecular complexity index is 498. The van der Waals surface area contributed by atoms with Crippen LogP contribution >= 0.6 is 0 Å². The van der Waals surface area contributed by atoms with Crippen molar-refractivity contribution in [2.45, 2.75) is 32.9 Å². The summed E-state index contributed by atoms with van der Waals surface area (Å²) in [5.74, 6) is -0.371. The molecule has 4 nitrogen and oxygen atoms in total. The summed E-state index contributed by atoms with van der Waals surface area (Å²) < 4.78 is 28.6. The number of ether oxygens (including phenoxy) is 1. The summed E-state index contributed by atoms with van der Waals surface area (Å²) in [6.45, 7) is 1.02. The molecule has 1 aromatic carbocycles. The van der Waals surface area contributed by atoms with Gasteiger partial charge in [0.05, 0.1) is 12.5 Å². The van der Waals surface area contributed by atoms with Crippen molar-refractivity contribution >= 4 is 5.91 Å². The Labute approximate surface area is 116 Å². The number of halogens is 2. The summed E-state index contributed by atoms with van der Waals surface area (Å²) in [5, 5.41) is 8.60. The number of alkyl halides is 2. The maximum absolute atomic E-state index is 12.3. The van der Waals surface area contributed by atoms with Crippen molar-refractivity contribution in [3.63, 3.8) is 0 Å². The number of hydrogen-bond acceptors (Lipinski definition) is 3. The van der Waals surface area contributed by atoms with E-state index in [1.54, 1.807) is 0 Å². The lowest BCUT2D eigenvalue weighted by atomic mass is 10.1. The van der Waals surface area contributed by atoms with Gasteiger partial charge in [0.25, 0.3) is 5.91 Å². The Morgan fingerprint density at radius 2 is 2.15 bits per heavy atom. The fraction of sp³-hybridized carbons (Fsp3) is 0.429. The summed E-state index contributed by atoms with van der Waals surface area (Å²) in [6, 6.07) is 7.53. The topological polar surface area (TPSA) is 53.3 Å². The SMILES string of the molecule is CC(C)N(CCC#N)C(=O)c1cccc(OC(F)F)c1. The van der Waals surface area contributed by atoms with E-state index in [9.17, 15) is 13.6 Å². The monoisotopic (exact) mass is 282 g/mol. The van der Waals surface area contributed by atoms with Gasteiger partial charge in [0.15, 0.2) is 0 Å². The van der Waals surface area contributed by atoms with Crippen LogP contribution in [0.2, 0.25) is 0 Å². The maximum Gasteiger partial charge on any atom is 0.387 e. The predicted octanol–water partition coefficient (Wildman–Crippen LogP) is 3.05. The number of carbonyl (C=O) groups excluding carboxylic acids is 1. The lowest BCUT2D eigenvalue weighted by molar-refractivity contribution is -0.0499. The molecule has 0 radical (unpaired) electrons. The molecular formula is C14H16F2N2O2. The van der Waals surface area contributed by atoms with Gasteiger partial charge in [-0.15, -0.1) is 0 Å². The molecule has 1 amide bonds. The number of amides is 1. The van der Waals surface area contributed by atoms with Gasteiger partial charge in [0, 0.05) is 18.2 Å². The average Bonchev–Trinajstić information content (AvgIpc) is 2.38. The third-order valence-corrected chi connectivity index (χ3v) is 2.65. The number of nitriles is 1. The van der Waals surface area contributed by atoms with E-state index >= 15 is 0 Å². The van der Waals surface area contributed by atoms with E-state index in [1.165, 1.54) is 29.2 Å². The van der Waals surface area contributed by atoms with Crippen LogP contribution in [-0.2, 0) is 0 Å². The van der Waals surface area contributed by atoms with Gasteiger partial charge in [0.2, 0.25) is 0 Å². The highest BCUT2D eigenvalue weighted by atomic mass is 19.3. The maximum atomic E-state index is 12.3. The van der Waals surface area contributed by atoms with Gasteiger partial charge < -0.3 is 9.64 Å². The van der Waals surface area contributed by atoms with E-state index in [1.807, 2.05) is 19.9 Å². The molecule has 0 bridgehead atoms. The van der Waals surface area contributed by atoms with Gasteiger partial charge in [0.1, 0.15) is 5.75 Å². The quantitative estimate of drug-likeness (QED) is 0.805. The molecule has 0 aliphatic rings. The molecule has 1 rings (SSSR count). The van der Waals surface area contributed by atoms with Crippen molar-refractivity contribution in [1.29, 1.82) is 5.26 Å². The standard InChI is InChI=1S/C14H16F2N2O2/c1-10(2)18(8-4-7-17)13(19)11-5-3-6-12(9-11)20-14(15)16/h3,5-6,9-10,14H,4,8H2,1-2H3. The summed E-state index contributed by atoms with van der Waals surface area (Å²) in [4.78, 5) is 13.8. The zero-order chi connectivity index (χ0) is 15.1. The number of carbonyl (C=O) groups is 1. The minimum absolute atomic E-state index is 0.0603. The molecule has 0 fully saturated rings. The summed E-state index contributed by atoms with van der Waals surface area (Å²) in [6.07, 6.45) is 0.219. The fourth-order valence-corrected chi connectivity index (χ4v) is 1.74. The van der Waals surface area contributed by atoms with Gasteiger partial charge >= 0.3 is 6.61 Å². The highest BCUT2D eigenvalue weighted by molar-refractivity contribution is 5.94. The summed E-state index contributed by atoms with van der Waals surface area (Å²) in [5.41, 5.74) is 0.259. The van der Waals surface area contributed by atoms with Crippen LogP contribution in [-0.4, -0.2) is 30.0 Å². The molecule has 0 atom stereocenters. The zero-order valence-corrected chi connectivity index (χ0v) is 11.3. The van der Waals surface area contributed by atoms with Crippen LogP contribution in [0.3, 0.4) is 0 Å². The summed E-state index contributed by atoms with van der Waals surface area (Å²) >= 11 is 0. The molecule has 6 heteroatoms. The van der Waals surface area contributed by atoms with Crippen LogP contribution in [0.5, 0.6) is 5.75 Å². The largest absolute Gasteiger partial charge is 0.435 e. The third-order valence-electron chi connectivity index (χ3n) is 2.65. The number of nitrogens with zero attached hydrogens (tertiary/aromatic N) is 2. The minimum Gasteiger partial charge on any atom is -0.435 e. The molecule has 0 saturated heterocycles. The van der Waals surface area contributed by atoms with Crippen molar-refractivity contribution in [3.8, 4) is 11.8 Å². The predicted molar refractivity (Wildman–Crippen MR) is 69.5 cm³/mol. The lowest BCUT2D eigenvalue weighted by Gasteiger charge is -2.26. The van der Waals surface area contributed by atoms with E-state index in [0.717, 1.165) is 0 Å². The van der Waals surface area contributed by atoms with Gasteiger partial charge in [-0.05, 0) is 32.0 Å². The van der Waals surface area contributed by atoms with Crippen LogP contribution in [0, 0.1) is 11.3 Å². The van der Waals surface area contributed by atoms with Crippen LogP contribution in [0.25, 0.3) is 0 Å². The molecule has 0 aliphatic carbocycles. The molecule has 0 saturated carbocycles. The van der Waals surface area contributed by atoms with E-state index in [4.69, 9.17) is 5.26 Å². The van der Waals surface area contributed by atoms with Crippen molar-refractivity contribution in [1.82, 2.24) is 4.90 Å². The van der Waals surface area contributed by atoms with Crippen molar-refractivity contribution in [3.05, 3.63) is 29.8 Å². The van der Waals surface area contributed by atoms with Gasteiger partial charge in [-0.3, -0.25) is 4.79 Å². The van der Waals surface area contributed by atoms with Crippen molar-refractivity contribution in [2.75, 3.05) is 6.54 Å². The fourth-order valence-electron chi connectivity index (χ4n) is 1.74. The molecule has 0 aromatic heterocycles.